The molecule has 0 saturated heterocycles. The summed E-state index contributed by atoms with van der Waals surface area (Å²) in [4.78, 5) is 23.9. The molecule has 1 unspecified atom stereocenters. The Labute approximate surface area is 126 Å². The van der Waals surface area contributed by atoms with Crippen LogP contribution in [-0.4, -0.2) is 25.0 Å². The molecule has 2 amide bonds. The molecular weight excluding hydrogens is 291 g/mol. The maximum atomic E-state index is 13.1. The van der Waals surface area contributed by atoms with Crippen molar-refractivity contribution in [2.24, 2.45) is 0 Å². The fourth-order valence-corrected chi connectivity index (χ4v) is 1.75. The molecule has 0 bridgehead atoms. The molecule has 1 aromatic heterocycles. The number of benzene rings is 1. The SMILES string of the molecule is COc1cc(F)ccc1NC(=O)C(C)NC(=O)c1ccoc1. The quantitative estimate of drug-likeness (QED) is 0.887. The Balaban J connectivity index is 2.01. The molecule has 116 valence electrons. The molecule has 1 atom stereocenters. The lowest BCUT2D eigenvalue weighted by molar-refractivity contribution is -0.117. The highest BCUT2D eigenvalue weighted by atomic mass is 19.1. The molecule has 1 aromatic carbocycles. The lowest BCUT2D eigenvalue weighted by atomic mass is 10.2. The number of amides is 2. The molecule has 7 heteroatoms. The second-order valence-electron chi connectivity index (χ2n) is 4.54. The zero-order valence-electron chi connectivity index (χ0n) is 12.1. The van der Waals surface area contributed by atoms with Gasteiger partial charge in [-0.1, -0.05) is 0 Å². The van der Waals surface area contributed by atoms with Crippen LogP contribution in [0.1, 0.15) is 17.3 Å². The van der Waals surface area contributed by atoms with Crippen LogP contribution in [0.4, 0.5) is 10.1 Å². The minimum atomic E-state index is -0.794. The van der Waals surface area contributed by atoms with Gasteiger partial charge in [-0.2, -0.15) is 0 Å². The van der Waals surface area contributed by atoms with Gasteiger partial charge in [-0.05, 0) is 25.1 Å². The van der Waals surface area contributed by atoms with Crippen molar-refractivity contribution in [1.29, 1.82) is 0 Å². The fraction of sp³-hybridized carbons (Fsp3) is 0.200. The summed E-state index contributed by atoms with van der Waals surface area (Å²) in [5, 5.41) is 5.10. The summed E-state index contributed by atoms with van der Waals surface area (Å²) in [5.74, 6) is -1.16. The zero-order valence-corrected chi connectivity index (χ0v) is 12.1. The van der Waals surface area contributed by atoms with E-state index in [0.717, 1.165) is 6.07 Å². The molecule has 2 aromatic rings. The number of nitrogens with one attached hydrogen (secondary N) is 2. The molecule has 0 aliphatic heterocycles. The molecule has 6 nitrogen and oxygen atoms in total. The number of halogens is 1. The first-order chi connectivity index (χ1) is 10.5. The van der Waals surface area contributed by atoms with Crippen LogP contribution < -0.4 is 15.4 Å². The summed E-state index contributed by atoms with van der Waals surface area (Å²) in [6.07, 6.45) is 2.64. The second kappa shape index (κ2) is 6.75. The number of carbonyl (C=O) groups excluding carboxylic acids is 2. The van der Waals surface area contributed by atoms with Crippen LogP contribution in [0.15, 0.2) is 41.2 Å². The molecular formula is C15H15FN2O4. The molecule has 2 N–H and O–H groups in total. The highest BCUT2D eigenvalue weighted by Gasteiger charge is 2.18. The summed E-state index contributed by atoms with van der Waals surface area (Å²) < 4.78 is 22.9. The average Bonchev–Trinajstić information content (AvgIpc) is 3.03. The van der Waals surface area contributed by atoms with Crippen LogP contribution in [-0.2, 0) is 4.79 Å². The minimum absolute atomic E-state index is 0.196. The molecule has 0 aliphatic carbocycles. The first kappa shape index (κ1) is 15.6. The Morgan fingerprint density at radius 2 is 2.09 bits per heavy atom. The third-order valence-electron chi connectivity index (χ3n) is 2.95. The van der Waals surface area contributed by atoms with Crippen LogP contribution in [0.5, 0.6) is 5.75 Å². The molecule has 22 heavy (non-hydrogen) atoms. The number of furan rings is 1. The molecule has 0 radical (unpaired) electrons. The Morgan fingerprint density at radius 3 is 2.73 bits per heavy atom. The predicted molar refractivity (Wildman–Crippen MR) is 77.2 cm³/mol. The summed E-state index contributed by atoms with van der Waals surface area (Å²) in [5.41, 5.74) is 0.636. The second-order valence-corrected chi connectivity index (χ2v) is 4.54. The van der Waals surface area contributed by atoms with Gasteiger partial charge in [-0.25, -0.2) is 4.39 Å². The van der Waals surface area contributed by atoms with Gasteiger partial charge in [0.05, 0.1) is 24.6 Å². The Hall–Kier alpha value is -2.83. The van der Waals surface area contributed by atoms with Gasteiger partial charge in [0.25, 0.3) is 5.91 Å². The van der Waals surface area contributed by atoms with Gasteiger partial charge in [0.15, 0.2) is 0 Å². The fourth-order valence-electron chi connectivity index (χ4n) is 1.75. The highest BCUT2D eigenvalue weighted by molar-refractivity contribution is 6.01. The first-order valence-corrected chi connectivity index (χ1v) is 6.48. The molecule has 0 spiro atoms. The van der Waals surface area contributed by atoms with Crippen LogP contribution in [0, 0.1) is 5.82 Å². The Kier molecular flexibility index (Phi) is 4.77. The van der Waals surface area contributed by atoms with Gasteiger partial charge in [-0.15, -0.1) is 0 Å². The van der Waals surface area contributed by atoms with Crippen LogP contribution in [0.2, 0.25) is 0 Å². The number of hydrogen-bond donors (Lipinski definition) is 2. The van der Waals surface area contributed by atoms with Crippen LogP contribution in [0.25, 0.3) is 0 Å². The number of ether oxygens (including phenoxy) is 1. The van der Waals surface area contributed by atoms with E-state index in [4.69, 9.17) is 9.15 Å². The van der Waals surface area contributed by atoms with Crippen molar-refractivity contribution in [3.8, 4) is 5.75 Å². The van der Waals surface area contributed by atoms with Crippen molar-refractivity contribution in [3.63, 3.8) is 0 Å². The Bertz CT molecular complexity index is 670. The molecule has 1 heterocycles. The van der Waals surface area contributed by atoms with E-state index in [1.165, 1.54) is 44.8 Å². The van der Waals surface area contributed by atoms with Gasteiger partial charge in [0.1, 0.15) is 23.9 Å². The number of anilines is 1. The van der Waals surface area contributed by atoms with E-state index in [9.17, 15) is 14.0 Å². The van der Waals surface area contributed by atoms with Gasteiger partial charge in [-0.3, -0.25) is 9.59 Å². The summed E-state index contributed by atoms with van der Waals surface area (Å²) in [7, 11) is 1.37. The van der Waals surface area contributed by atoms with E-state index in [-0.39, 0.29) is 5.75 Å². The third kappa shape index (κ3) is 3.63. The third-order valence-corrected chi connectivity index (χ3v) is 2.95. The van der Waals surface area contributed by atoms with Crippen molar-refractivity contribution in [2.45, 2.75) is 13.0 Å². The molecule has 0 saturated carbocycles. The van der Waals surface area contributed by atoms with Gasteiger partial charge in [0.2, 0.25) is 5.91 Å². The monoisotopic (exact) mass is 306 g/mol. The standard InChI is InChI=1S/C15H15FN2O4/c1-9(17-15(20)10-5-6-22-8-10)14(19)18-12-4-3-11(16)7-13(12)21-2/h3-9H,1-2H3,(H,17,20)(H,18,19). The van der Waals surface area contributed by atoms with E-state index in [1.54, 1.807) is 0 Å². The first-order valence-electron chi connectivity index (χ1n) is 6.48. The van der Waals surface area contributed by atoms with Crippen molar-refractivity contribution < 1.29 is 23.1 Å². The number of methoxy groups -OCH3 is 1. The van der Waals surface area contributed by atoms with Gasteiger partial charge >= 0.3 is 0 Å². The van der Waals surface area contributed by atoms with Crippen molar-refractivity contribution >= 4 is 17.5 Å². The van der Waals surface area contributed by atoms with Gasteiger partial charge in [0, 0.05) is 6.07 Å². The normalized spacial score (nSPS) is 11.6. The van der Waals surface area contributed by atoms with E-state index in [2.05, 4.69) is 10.6 Å². The van der Waals surface area contributed by atoms with Crippen molar-refractivity contribution in [3.05, 3.63) is 48.2 Å². The minimum Gasteiger partial charge on any atom is -0.494 e. The summed E-state index contributed by atoms with van der Waals surface area (Å²) in [6, 6.07) is 4.44. The van der Waals surface area contributed by atoms with Crippen LogP contribution in [0.3, 0.4) is 0 Å². The van der Waals surface area contributed by atoms with Crippen LogP contribution >= 0.6 is 0 Å². The van der Waals surface area contributed by atoms with E-state index in [1.807, 2.05) is 0 Å². The van der Waals surface area contributed by atoms with Crippen molar-refractivity contribution in [2.75, 3.05) is 12.4 Å². The average molecular weight is 306 g/mol. The smallest absolute Gasteiger partial charge is 0.255 e. The number of hydrogen-bond acceptors (Lipinski definition) is 4. The molecule has 0 fully saturated rings. The summed E-state index contributed by atoms with van der Waals surface area (Å²) >= 11 is 0. The van der Waals surface area contributed by atoms with Crippen molar-refractivity contribution in [1.82, 2.24) is 5.32 Å². The largest absolute Gasteiger partial charge is 0.494 e. The number of carbonyl (C=O) groups is 2. The molecule has 2 rings (SSSR count). The predicted octanol–water partition coefficient (Wildman–Crippen LogP) is 2.18. The lowest BCUT2D eigenvalue weighted by Crippen LogP contribution is -2.41. The topological polar surface area (TPSA) is 80.6 Å². The van der Waals surface area contributed by atoms with Gasteiger partial charge < -0.3 is 19.8 Å². The lowest BCUT2D eigenvalue weighted by Gasteiger charge is -2.15. The van der Waals surface area contributed by atoms with E-state index >= 15 is 0 Å². The maximum Gasteiger partial charge on any atom is 0.255 e. The van der Waals surface area contributed by atoms with E-state index < -0.39 is 23.7 Å². The summed E-state index contributed by atoms with van der Waals surface area (Å²) in [6.45, 7) is 1.53. The number of rotatable bonds is 5. The highest BCUT2D eigenvalue weighted by Crippen LogP contribution is 2.24. The Morgan fingerprint density at radius 1 is 1.32 bits per heavy atom. The molecule has 0 aliphatic rings. The maximum absolute atomic E-state index is 13.1. The zero-order chi connectivity index (χ0) is 16.1. The van der Waals surface area contributed by atoms with E-state index in [0.29, 0.717) is 11.3 Å².